The van der Waals surface area contributed by atoms with Crippen LogP contribution in [-0.4, -0.2) is 62.6 Å². The SMILES string of the molecule is C=CC(=O)CCc1cc2c(cn1)CN(c1c(F)c(OC)cc(OC)c1F)C(=O)N2CC1CCN(C)CC1. The van der Waals surface area contributed by atoms with Crippen molar-refractivity contribution in [2.24, 2.45) is 5.92 Å². The second-order valence-corrected chi connectivity index (χ2v) is 9.46. The number of pyridine rings is 1. The minimum atomic E-state index is -0.982. The van der Waals surface area contributed by atoms with Gasteiger partial charge in [0, 0.05) is 36.5 Å². The summed E-state index contributed by atoms with van der Waals surface area (Å²) in [6.45, 7) is 5.63. The first kappa shape index (κ1) is 26.5. The van der Waals surface area contributed by atoms with Gasteiger partial charge in [0.15, 0.2) is 28.9 Å². The van der Waals surface area contributed by atoms with Crippen LogP contribution in [0.2, 0.25) is 0 Å². The average molecular weight is 515 g/mol. The van der Waals surface area contributed by atoms with E-state index in [0.29, 0.717) is 29.9 Å². The van der Waals surface area contributed by atoms with Crippen molar-refractivity contribution in [3.8, 4) is 11.5 Å². The summed E-state index contributed by atoms with van der Waals surface area (Å²) in [6.07, 6.45) is 5.34. The first-order valence-corrected chi connectivity index (χ1v) is 12.3. The van der Waals surface area contributed by atoms with E-state index in [2.05, 4.69) is 23.5 Å². The zero-order valence-electron chi connectivity index (χ0n) is 21.4. The van der Waals surface area contributed by atoms with Gasteiger partial charge >= 0.3 is 6.03 Å². The molecule has 1 aromatic heterocycles. The first-order valence-electron chi connectivity index (χ1n) is 12.3. The maximum atomic E-state index is 15.4. The summed E-state index contributed by atoms with van der Waals surface area (Å²) in [4.78, 5) is 35.0. The van der Waals surface area contributed by atoms with Gasteiger partial charge in [-0.05, 0) is 57.5 Å². The van der Waals surface area contributed by atoms with Crippen LogP contribution < -0.4 is 19.3 Å². The van der Waals surface area contributed by atoms with Crippen LogP contribution in [0.25, 0.3) is 0 Å². The number of rotatable bonds is 9. The third-order valence-corrected chi connectivity index (χ3v) is 7.05. The van der Waals surface area contributed by atoms with Crippen molar-refractivity contribution < 1.29 is 27.8 Å². The molecule has 0 aliphatic carbocycles. The molecule has 0 unspecified atom stereocenters. The van der Waals surface area contributed by atoms with Gasteiger partial charge in [0.05, 0.1) is 26.5 Å². The summed E-state index contributed by atoms with van der Waals surface area (Å²) >= 11 is 0. The number of benzene rings is 1. The maximum absolute atomic E-state index is 15.4. The molecule has 0 saturated carbocycles. The molecular formula is C27H32F2N4O4. The molecule has 0 bridgehead atoms. The molecule has 2 aromatic rings. The highest BCUT2D eigenvalue weighted by Gasteiger charge is 2.38. The van der Waals surface area contributed by atoms with E-state index in [9.17, 15) is 9.59 Å². The monoisotopic (exact) mass is 514 g/mol. The van der Waals surface area contributed by atoms with Crippen LogP contribution in [0.15, 0.2) is 31.0 Å². The van der Waals surface area contributed by atoms with Crippen molar-refractivity contribution in [1.82, 2.24) is 9.88 Å². The number of amides is 2. The van der Waals surface area contributed by atoms with Gasteiger partial charge < -0.3 is 14.4 Å². The number of piperidine rings is 1. The minimum Gasteiger partial charge on any atom is -0.493 e. The van der Waals surface area contributed by atoms with Crippen molar-refractivity contribution in [3.05, 3.63) is 53.9 Å². The fraction of sp³-hybridized carbons (Fsp3) is 0.444. The van der Waals surface area contributed by atoms with Crippen molar-refractivity contribution in [1.29, 1.82) is 0 Å². The number of nitrogens with zero attached hydrogens (tertiary/aromatic N) is 4. The number of hydrogen-bond acceptors (Lipinski definition) is 6. The van der Waals surface area contributed by atoms with E-state index in [1.807, 2.05) is 0 Å². The molecule has 0 radical (unpaired) electrons. The van der Waals surface area contributed by atoms with E-state index in [1.165, 1.54) is 20.3 Å². The molecule has 3 heterocycles. The van der Waals surface area contributed by atoms with Gasteiger partial charge in [-0.25, -0.2) is 13.6 Å². The number of aromatic nitrogens is 1. The molecule has 2 aliphatic heterocycles. The van der Waals surface area contributed by atoms with E-state index >= 15 is 8.78 Å². The summed E-state index contributed by atoms with van der Waals surface area (Å²) < 4.78 is 41.0. The number of halogens is 2. The number of aryl methyl sites for hydroxylation is 1. The first-order chi connectivity index (χ1) is 17.8. The van der Waals surface area contributed by atoms with Crippen molar-refractivity contribution in [2.75, 3.05) is 50.7 Å². The van der Waals surface area contributed by atoms with E-state index < -0.39 is 23.4 Å². The Kier molecular flexibility index (Phi) is 8.06. The quantitative estimate of drug-likeness (QED) is 0.463. The number of hydrogen-bond donors (Lipinski definition) is 0. The molecule has 198 valence electrons. The van der Waals surface area contributed by atoms with Crippen LogP contribution in [-0.2, 0) is 17.8 Å². The lowest BCUT2D eigenvalue weighted by Gasteiger charge is -2.40. The second kappa shape index (κ2) is 11.2. The zero-order chi connectivity index (χ0) is 26.7. The molecule has 4 rings (SSSR count). The topological polar surface area (TPSA) is 75.2 Å². The van der Waals surface area contributed by atoms with Crippen molar-refractivity contribution in [2.45, 2.75) is 32.2 Å². The molecule has 2 amide bonds. The number of carbonyl (C=O) groups is 2. The molecule has 0 spiro atoms. The Hall–Kier alpha value is -3.53. The summed E-state index contributed by atoms with van der Waals surface area (Å²) in [5, 5.41) is 0. The number of ether oxygens (including phenoxy) is 2. The number of allylic oxidation sites excluding steroid dienone is 1. The molecule has 0 atom stereocenters. The average Bonchev–Trinajstić information content (AvgIpc) is 2.90. The standard InChI is InChI=1S/C27H32F2N4O4/c1-5-20(34)7-6-19-12-21-18(14-30-19)16-33(26-24(28)22(36-3)13-23(37-4)25(26)29)27(35)32(21)15-17-8-10-31(2)11-9-17/h5,12-14,17H,1,6-11,15-16H2,2-4H3. The number of methoxy groups -OCH3 is 2. The largest absolute Gasteiger partial charge is 0.493 e. The van der Waals surface area contributed by atoms with Crippen LogP contribution in [0.1, 0.15) is 30.5 Å². The highest BCUT2D eigenvalue weighted by atomic mass is 19.1. The number of urea groups is 1. The lowest BCUT2D eigenvalue weighted by molar-refractivity contribution is -0.114. The summed E-state index contributed by atoms with van der Waals surface area (Å²) in [6, 6.07) is 2.37. The Labute approximate surface area is 215 Å². The van der Waals surface area contributed by atoms with Crippen molar-refractivity contribution >= 4 is 23.2 Å². The Morgan fingerprint density at radius 1 is 1.16 bits per heavy atom. The predicted octanol–water partition coefficient (Wildman–Crippen LogP) is 4.35. The summed E-state index contributed by atoms with van der Waals surface area (Å²) in [7, 11) is 4.59. The number of likely N-dealkylation sites (tertiary alicyclic amines) is 1. The van der Waals surface area contributed by atoms with Crippen LogP contribution in [0.5, 0.6) is 11.5 Å². The van der Waals surface area contributed by atoms with Gasteiger partial charge in [-0.3, -0.25) is 19.6 Å². The van der Waals surface area contributed by atoms with E-state index in [0.717, 1.165) is 36.9 Å². The smallest absolute Gasteiger partial charge is 0.329 e. The Morgan fingerprint density at radius 3 is 2.41 bits per heavy atom. The molecule has 10 heteroatoms. The highest BCUT2D eigenvalue weighted by Crippen LogP contribution is 2.41. The lowest BCUT2D eigenvalue weighted by Crippen LogP contribution is -2.50. The third-order valence-electron chi connectivity index (χ3n) is 7.05. The summed E-state index contributed by atoms with van der Waals surface area (Å²) in [5.41, 5.74) is 1.42. The van der Waals surface area contributed by atoms with Gasteiger partial charge in [-0.1, -0.05) is 6.58 Å². The van der Waals surface area contributed by atoms with Gasteiger partial charge in [-0.2, -0.15) is 0 Å². The van der Waals surface area contributed by atoms with Crippen molar-refractivity contribution in [3.63, 3.8) is 0 Å². The Balaban J connectivity index is 1.75. The Bertz CT molecular complexity index is 1170. The molecule has 0 N–H and O–H groups in total. The third kappa shape index (κ3) is 5.44. The molecule has 1 fully saturated rings. The van der Waals surface area contributed by atoms with Gasteiger partial charge in [-0.15, -0.1) is 0 Å². The van der Waals surface area contributed by atoms with Gasteiger partial charge in [0.2, 0.25) is 0 Å². The minimum absolute atomic E-state index is 0.0822. The zero-order valence-corrected chi connectivity index (χ0v) is 21.4. The van der Waals surface area contributed by atoms with Gasteiger partial charge in [0.25, 0.3) is 0 Å². The maximum Gasteiger partial charge on any atom is 0.329 e. The Morgan fingerprint density at radius 2 is 1.81 bits per heavy atom. The second-order valence-electron chi connectivity index (χ2n) is 9.46. The van der Waals surface area contributed by atoms with E-state index in [4.69, 9.17) is 9.47 Å². The molecule has 8 nitrogen and oxygen atoms in total. The number of anilines is 2. The number of carbonyl (C=O) groups excluding carboxylic acids is 2. The fourth-order valence-corrected chi connectivity index (χ4v) is 4.83. The normalized spacial score (nSPS) is 16.5. The van der Waals surface area contributed by atoms with E-state index in [-0.39, 0.29) is 36.2 Å². The van der Waals surface area contributed by atoms with Crippen LogP contribution in [0, 0.1) is 17.6 Å². The number of ketones is 1. The van der Waals surface area contributed by atoms with Crippen LogP contribution in [0.4, 0.5) is 25.0 Å². The number of fused-ring (bicyclic) bond motifs is 1. The molecule has 2 aliphatic rings. The molecule has 1 saturated heterocycles. The van der Waals surface area contributed by atoms with Crippen LogP contribution in [0.3, 0.4) is 0 Å². The lowest BCUT2D eigenvalue weighted by atomic mass is 9.95. The fourth-order valence-electron chi connectivity index (χ4n) is 4.83. The molecule has 37 heavy (non-hydrogen) atoms. The van der Waals surface area contributed by atoms with Gasteiger partial charge in [0.1, 0.15) is 5.69 Å². The van der Waals surface area contributed by atoms with E-state index in [1.54, 1.807) is 17.2 Å². The summed E-state index contributed by atoms with van der Waals surface area (Å²) in [5.74, 6) is -2.29. The molecular weight excluding hydrogens is 482 g/mol. The predicted molar refractivity (Wildman–Crippen MR) is 136 cm³/mol. The molecule has 1 aromatic carbocycles. The highest BCUT2D eigenvalue weighted by molar-refractivity contribution is 6.06. The van der Waals surface area contributed by atoms with Crippen LogP contribution >= 0.6 is 0 Å².